The lowest BCUT2D eigenvalue weighted by Crippen LogP contribution is -2.12. The van der Waals surface area contributed by atoms with Crippen molar-refractivity contribution in [3.05, 3.63) is 59.6 Å². The number of pyridine rings is 1. The molecule has 1 N–H and O–H groups in total. The SMILES string of the molecule is O=C(Nc1ccccn1)c1snnc1-c1ccccc1. The van der Waals surface area contributed by atoms with Crippen LogP contribution >= 0.6 is 11.5 Å². The van der Waals surface area contributed by atoms with E-state index in [4.69, 9.17) is 0 Å². The van der Waals surface area contributed by atoms with Gasteiger partial charge in [-0.05, 0) is 23.7 Å². The van der Waals surface area contributed by atoms with E-state index in [1.54, 1.807) is 18.3 Å². The summed E-state index contributed by atoms with van der Waals surface area (Å²) in [5.41, 5.74) is 1.46. The Labute approximate surface area is 119 Å². The number of anilines is 1. The van der Waals surface area contributed by atoms with Gasteiger partial charge >= 0.3 is 0 Å². The Morgan fingerprint density at radius 1 is 1.05 bits per heavy atom. The fraction of sp³-hybridized carbons (Fsp3) is 0. The summed E-state index contributed by atoms with van der Waals surface area (Å²) in [6, 6.07) is 14.8. The second kappa shape index (κ2) is 5.58. The molecule has 2 heterocycles. The summed E-state index contributed by atoms with van der Waals surface area (Å²) in [6.45, 7) is 0. The molecule has 20 heavy (non-hydrogen) atoms. The summed E-state index contributed by atoms with van der Waals surface area (Å²) in [6.07, 6.45) is 1.62. The number of nitrogens with zero attached hydrogens (tertiary/aromatic N) is 3. The quantitative estimate of drug-likeness (QED) is 0.802. The molecule has 0 saturated heterocycles. The minimum atomic E-state index is -0.252. The lowest BCUT2D eigenvalue weighted by atomic mass is 10.1. The van der Waals surface area contributed by atoms with Crippen LogP contribution in [0.15, 0.2) is 54.7 Å². The number of aromatic nitrogens is 3. The van der Waals surface area contributed by atoms with Crippen LogP contribution < -0.4 is 5.32 Å². The molecular weight excluding hydrogens is 272 g/mol. The van der Waals surface area contributed by atoms with E-state index in [1.165, 1.54) is 0 Å². The second-order valence-corrected chi connectivity index (χ2v) is 4.74. The summed E-state index contributed by atoms with van der Waals surface area (Å²) >= 11 is 1.07. The van der Waals surface area contributed by atoms with Crippen LogP contribution in [0.4, 0.5) is 5.82 Å². The van der Waals surface area contributed by atoms with Gasteiger partial charge in [-0.25, -0.2) is 4.98 Å². The molecule has 0 aliphatic heterocycles. The highest BCUT2D eigenvalue weighted by atomic mass is 32.1. The van der Waals surface area contributed by atoms with Gasteiger partial charge in [0.2, 0.25) is 0 Å². The summed E-state index contributed by atoms with van der Waals surface area (Å²) in [7, 11) is 0. The van der Waals surface area contributed by atoms with E-state index in [0.717, 1.165) is 17.1 Å². The molecule has 5 nitrogen and oxygen atoms in total. The molecule has 0 fully saturated rings. The zero-order valence-electron chi connectivity index (χ0n) is 10.4. The lowest BCUT2D eigenvalue weighted by molar-refractivity contribution is 0.103. The van der Waals surface area contributed by atoms with Crippen LogP contribution in [0.25, 0.3) is 11.3 Å². The van der Waals surface area contributed by atoms with Gasteiger partial charge in [-0.2, -0.15) is 0 Å². The zero-order valence-corrected chi connectivity index (χ0v) is 11.2. The van der Waals surface area contributed by atoms with Gasteiger partial charge in [0.25, 0.3) is 5.91 Å². The predicted molar refractivity (Wildman–Crippen MR) is 77.5 cm³/mol. The van der Waals surface area contributed by atoms with Gasteiger partial charge in [0.1, 0.15) is 16.4 Å². The van der Waals surface area contributed by atoms with Crippen molar-refractivity contribution in [2.45, 2.75) is 0 Å². The Bertz CT molecular complexity index is 712. The maximum atomic E-state index is 12.2. The number of amides is 1. The van der Waals surface area contributed by atoms with Gasteiger partial charge < -0.3 is 5.32 Å². The van der Waals surface area contributed by atoms with Crippen LogP contribution in [0.5, 0.6) is 0 Å². The number of carbonyl (C=O) groups excluding carboxylic acids is 1. The molecule has 0 aliphatic carbocycles. The standard InChI is InChI=1S/C14H10N4OS/c19-14(16-11-8-4-5-9-15-11)13-12(17-18-20-13)10-6-2-1-3-7-10/h1-9H,(H,15,16,19). The van der Waals surface area contributed by atoms with Crippen molar-refractivity contribution in [2.24, 2.45) is 0 Å². The average Bonchev–Trinajstić information content (AvgIpc) is 2.99. The molecule has 0 radical (unpaired) electrons. The van der Waals surface area contributed by atoms with Gasteiger partial charge in [-0.1, -0.05) is 40.9 Å². The molecule has 1 aromatic carbocycles. The van der Waals surface area contributed by atoms with Crippen LogP contribution in [0.3, 0.4) is 0 Å². The second-order valence-electron chi connectivity index (χ2n) is 3.99. The topological polar surface area (TPSA) is 67.8 Å². The largest absolute Gasteiger partial charge is 0.306 e. The predicted octanol–water partition coefficient (Wildman–Crippen LogP) is 2.85. The van der Waals surface area contributed by atoms with Crippen molar-refractivity contribution in [1.29, 1.82) is 0 Å². The van der Waals surface area contributed by atoms with Gasteiger partial charge in [0.15, 0.2) is 0 Å². The minimum absolute atomic E-state index is 0.252. The monoisotopic (exact) mass is 282 g/mol. The maximum absolute atomic E-state index is 12.2. The summed E-state index contributed by atoms with van der Waals surface area (Å²) < 4.78 is 3.87. The molecule has 0 unspecified atom stereocenters. The molecule has 0 spiro atoms. The third kappa shape index (κ3) is 2.55. The Balaban J connectivity index is 1.88. The van der Waals surface area contributed by atoms with E-state index in [2.05, 4.69) is 19.9 Å². The van der Waals surface area contributed by atoms with Crippen molar-refractivity contribution in [1.82, 2.24) is 14.6 Å². The van der Waals surface area contributed by atoms with Gasteiger partial charge in [0, 0.05) is 11.8 Å². The van der Waals surface area contributed by atoms with Crippen molar-refractivity contribution < 1.29 is 4.79 Å². The van der Waals surface area contributed by atoms with Crippen LogP contribution in [-0.2, 0) is 0 Å². The highest BCUT2D eigenvalue weighted by Crippen LogP contribution is 2.24. The highest BCUT2D eigenvalue weighted by molar-refractivity contribution is 7.08. The molecule has 2 aromatic heterocycles. The first-order valence-corrected chi connectivity index (χ1v) is 6.72. The average molecular weight is 282 g/mol. The van der Waals surface area contributed by atoms with E-state index in [9.17, 15) is 4.79 Å². The summed E-state index contributed by atoms with van der Waals surface area (Å²) in [5.74, 6) is 0.252. The molecule has 0 bridgehead atoms. The molecule has 0 atom stereocenters. The first kappa shape index (κ1) is 12.4. The normalized spacial score (nSPS) is 10.2. The van der Waals surface area contributed by atoms with Crippen LogP contribution in [0.1, 0.15) is 9.67 Å². The van der Waals surface area contributed by atoms with E-state index < -0.39 is 0 Å². The number of carbonyl (C=O) groups is 1. The molecule has 0 saturated carbocycles. The summed E-state index contributed by atoms with van der Waals surface area (Å²) in [5, 5.41) is 6.77. The molecule has 3 aromatic rings. The van der Waals surface area contributed by atoms with E-state index in [-0.39, 0.29) is 5.91 Å². The smallest absolute Gasteiger partial charge is 0.270 e. The Morgan fingerprint density at radius 2 is 1.85 bits per heavy atom. The Kier molecular flexibility index (Phi) is 3.47. The molecule has 98 valence electrons. The third-order valence-corrected chi connectivity index (χ3v) is 3.37. The Hall–Kier alpha value is -2.60. The van der Waals surface area contributed by atoms with E-state index in [0.29, 0.717) is 16.4 Å². The number of nitrogens with one attached hydrogen (secondary N) is 1. The van der Waals surface area contributed by atoms with Gasteiger partial charge in [-0.3, -0.25) is 4.79 Å². The molecule has 0 aliphatic rings. The summed E-state index contributed by atoms with van der Waals surface area (Å²) in [4.78, 5) is 16.8. The fourth-order valence-electron chi connectivity index (χ4n) is 1.73. The van der Waals surface area contributed by atoms with Crippen LogP contribution in [0.2, 0.25) is 0 Å². The third-order valence-electron chi connectivity index (χ3n) is 2.65. The maximum Gasteiger partial charge on any atom is 0.270 e. The first-order valence-electron chi connectivity index (χ1n) is 5.95. The van der Waals surface area contributed by atoms with Crippen molar-refractivity contribution >= 4 is 23.3 Å². The van der Waals surface area contributed by atoms with Crippen LogP contribution in [0, 0.1) is 0 Å². The van der Waals surface area contributed by atoms with E-state index >= 15 is 0 Å². The van der Waals surface area contributed by atoms with Gasteiger partial charge in [0.05, 0.1) is 0 Å². The lowest BCUT2D eigenvalue weighted by Gasteiger charge is -2.03. The molecule has 3 rings (SSSR count). The van der Waals surface area contributed by atoms with Gasteiger partial charge in [-0.15, -0.1) is 5.10 Å². The first-order chi connectivity index (χ1) is 9.84. The zero-order chi connectivity index (χ0) is 13.8. The van der Waals surface area contributed by atoms with Crippen LogP contribution in [-0.4, -0.2) is 20.5 Å². The van der Waals surface area contributed by atoms with Crippen molar-refractivity contribution in [3.63, 3.8) is 0 Å². The number of rotatable bonds is 3. The Morgan fingerprint density at radius 3 is 2.60 bits per heavy atom. The molecular formula is C14H10N4OS. The fourth-order valence-corrected chi connectivity index (χ4v) is 2.32. The van der Waals surface area contributed by atoms with E-state index in [1.807, 2.05) is 36.4 Å². The number of hydrogen-bond donors (Lipinski definition) is 1. The molecule has 6 heteroatoms. The minimum Gasteiger partial charge on any atom is -0.306 e. The van der Waals surface area contributed by atoms with Crippen molar-refractivity contribution in [2.75, 3.05) is 5.32 Å². The number of benzene rings is 1. The van der Waals surface area contributed by atoms with Crippen molar-refractivity contribution in [3.8, 4) is 11.3 Å². The highest BCUT2D eigenvalue weighted by Gasteiger charge is 2.17. The number of hydrogen-bond acceptors (Lipinski definition) is 5. The molecule has 1 amide bonds.